The van der Waals surface area contributed by atoms with Gasteiger partial charge in [-0.2, -0.15) is 0 Å². The Hall–Kier alpha value is -3.90. The highest BCUT2D eigenvalue weighted by molar-refractivity contribution is 6.04. The van der Waals surface area contributed by atoms with Crippen LogP contribution in [-0.2, 0) is 0 Å². The van der Waals surface area contributed by atoms with E-state index in [4.69, 9.17) is 8.83 Å². The molecule has 0 aliphatic rings. The van der Waals surface area contributed by atoms with Gasteiger partial charge in [0.2, 0.25) is 5.89 Å². The summed E-state index contributed by atoms with van der Waals surface area (Å²) in [5.41, 5.74) is 4.91. The second-order valence-corrected chi connectivity index (χ2v) is 6.67. The molecular formula is C23H18N2O4. The van der Waals surface area contributed by atoms with Gasteiger partial charge in [-0.15, -0.1) is 0 Å². The van der Waals surface area contributed by atoms with Crippen LogP contribution in [0.3, 0.4) is 0 Å². The van der Waals surface area contributed by atoms with Crippen LogP contribution in [0.1, 0.15) is 16.1 Å². The van der Waals surface area contributed by atoms with Crippen molar-refractivity contribution in [3.05, 3.63) is 84.1 Å². The average molecular weight is 386 g/mol. The van der Waals surface area contributed by atoms with Crippen molar-refractivity contribution in [3.63, 3.8) is 0 Å². The fraction of sp³-hybridized carbons (Fsp3) is 0.0435. The van der Waals surface area contributed by atoms with E-state index in [1.165, 1.54) is 0 Å². The topological polar surface area (TPSA) is 99.8 Å². The molecule has 0 saturated carbocycles. The number of fused-ring (bicyclic) bond motifs is 2. The molecule has 6 heteroatoms. The summed E-state index contributed by atoms with van der Waals surface area (Å²) in [4.78, 5) is 17.0. The number of furan rings is 1. The first-order valence-corrected chi connectivity index (χ1v) is 8.93. The van der Waals surface area contributed by atoms with Crippen LogP contribution in [-0.4, -0.2) is 16.4 Å². The van der Waals surface area contributed by atoms with Crippen LogP contribution >= 0.6 is 0 Å². The van der Waals surface area contributed by atoms with Gasteiger partial charge in [-0.3, -0.25) is 4.79 Å². The van der Waals surface area contributed by atoms with Gasteiger partial charge in [0.05, 0.1) is 0 Å². The molecule has 2 heterocycles. The molecule has 5 aromatic rings. The molecule has 144 valence electrons. The summed E-state index contributed by atoms with van der Waals surface area (Å²) >= 11 is 0. The summed E-state index contributed by atoms with van der Waals surface area (Å²) in [7, 11) is 0. The van der Waals surface area contributed by atoms with Crippen LogP contribution in [0, 0.1) is 6.92 Å². The number of nitrogens with zero attached hydrogens (tertiary/aromatic N) is 1. The number of benzene rings is 3. The maximum absolute atomic E-state index is 12.5. The minimum atomic E-state index is -0.290. The summed E-state index contributed by atoms with van der Waals surface area (Å²) in [6.07, 6.45) is 0. The number of oxazole rings is 1. The van der Waals surface area contributed by atoms with Crippen molar-refractivity contribution in [3.8, 4) is 11.5 Å². The van der Waals surface area contributed by atoms with Crippen LogP contribution in [0.25, 0.3) is 33.5 Å². The Bertz CT molecular complexity index is 1280. The maximum atomic E-state index is 12.5. The molecule has 0 radical (unpaired) electrons. The number of amides is 1. The summed E-state index contributed by atoms with van der Waals surface area (Å²) in [5.74, 6) is 0.539. The number of carbonyl (C=O) groups is 1. The Balaban J connectivity index is 0.00000205. The second-order valence-electron chi connectivity index (χ2n) is 6.67. The van der Waals surface area contributed by atoms with Crippen LogP contribution in [0.4, 0.5) is 5.69 Å². The molecule has 0 unspecified atom stereocenters. The first-order valence-electron chi connectivity index (χ1n) is 8.93. The van der Waals surface area contributed by atoms with Crippen LogP contribution < -0.4 is 5.32 Å². The highest BCUT2D eigenvalue weighted by Crippen LogP contribution is 2.26. The zero-order chi connectivity index (χ0) is 19.1. The Morgan fingerprint density at radius 3 is 2.48 bits per heavy atom. The smallest absolute Gasteiger partial charge is 0.291 e. The molecule has 6 nitrogen and oxygen atoms in total. The third kappa shape index (κ3) is 3.49. The third-order valence-electron chi connectivity index (χ3n) is 4.58. The lowest BCUT2D eigenvalue weighted by Crippen LogP contribution is -2.10. The van der Waals surface area contributed by atoms with E-state index in [2.05, 4.69) is 10.3 Å². The van der Waals surface area contributed by atoms with Gasteiger partial charge in [-0.1, -0.05) is 24.3 Å². The largest absolute Gasteiger partial charge is 0.451 e. The number of aromatic nitrogens is 1. The van der Waals surface area contributed by atoms with Gasteiger partial charge < -0.3 is 19.6 Å². The number of para-hydroxylation sites is 1. The van der Waals surface area contributed by atoms with E-state index in [0.29, 0.717) is 17.2 Å². The number of rotatable bonds is 3. The van der Waals surface area contributed by atoms with Gasteiger partial charge in [0.15, 0.2) is 11.3 Å². The van der Waals surface area contributed by atoms with Crippen molar-refractivity contribution in [2.75, 3.05) is 5.32 Å². The summed E-state index contributed by atoms with van der Waals surface area (Å²) in [5, 5.41) is 3.75. The van der Waals surface area contributed by atoms with Crippen LogP contribution in [0.5, 0.6) is 0 Å². The van der Waals surface area contributed by atoms with Gasteiger partial charge in [0, 0.05) is 16.6 Å². The molecule has 29 heavy (non-hydrogen) atoms. The molecule has 0 bridgehead atoms. The van der Waals surface area contributed by atoms with Crippen molar-refractivity contribution in [2.45, 2.75) is 6.92 Å². The number of anilines is 1. The van der Waals surface area contributed by atoms with Gasteiger partial charge in [-0.25, -0.2) is 4.98 Å². The van der Waals surface area contributed by atoms with E-state index in [1.54, 1.807) is 6.07 Å². The quantitative estimate of drug-likeness (QED) is 0.473. The lowest BCUT2D eigenvalue weighted by molar-refractivity contribution is 0.0998. The molecule has 2 aromatic heterocycles. The maximum Gasteiger partial charge on any atom is 0.291 e. The Morgan fingerprint density at radius 1 is 0.897 bits per heavy atom. The molecule has 0 saturated heterocycles. The van der Waals surface area contributed by atoms with E-state index in [-0.39, 0.29) is 17.1 Å². The normalized spacial score (nSPS) is 10.8. The van der Waals surface area contributed by atoms with E-state index in [9.17, 15) is 4.79 Å². The molecule has 0 atom stereocenters. The number of hydrogen-bond acceptors (Lipinski definition) is 4. The number of carbonyl (C=O) groups excluding carboxylic acids is 1. The van der Waals surface area contributed by atoms with Crippen LogP contribution in [0.15, 0.2) is 81.6 Å². The molecule has 3 N–H and O–H groups in total. The van der Waals surface area contributed by atoms with Gasteiger partial charge in [0.25, 0.3) is 5.91 Å². The van der Waals surface area contributed by atoms with E-state index < -0.39 is 0 Å². The van der Waals surface area contributed by atoms with Gasteiger partial charge >= 0.3 is 0 Å². The van der Waals surface area contributed by atoms with Crippen molar-refractivity contribution in [1.82, 2.24) is 4.98 Å². The fourth-order valence-corrected chi connectivity index (χ4v) is 3.14. The Kier molecular flexibility index (Phi) is 4.62. The zero-order valence-corrected chi connectivity index (χ0v) is 15.6. The Labute approximate surface area is 166 Å². The summed E-state index contributed by atoms with van der Waals surface area (Å²) < 4.78 is 11.4. The van der Waals surface area contributed by atoms with Crippen molar-refractivity contribution in [1.29, 1.82) is 0 Å². The molecule has 1 amide bonds. The average Bonchev–Trinajstić information content (AvgIpc) is 3.32. The van der Waals surface area contributed by atoms with E-state index in [0.717, 1.165) is 27.6 Å². The molecule has 5 rings (SSSR count). The summed E-state index contributed by atoms with van der Waals surface area (Å²) in [6.45, 7) is 2.01. The number of hydrogen-bond donors (Lipinski definition) is 1. The molecule has 0 aliphatic carbocycles. The lowest BCUT2D eigenvalue weighted by Gasteiger charge is -2.03. The standard InChI is InChI=1S/C23H16N2O3.H2O/c1-14-6-11-18-20(12-14)28-23(25-18)15-7-9-17(10-8-15)24-22(26)21-13-16-4-2-3-5-19(16)27-21;/h2-13H,1H3,(H,24,26);1H2. The van der Waals surface area contributed by atoms with Gasteiger partial charge in [0.1, 0.15) is 11.1 Å². The van der Waals surface area contributed by atoms with E-state index in [1.807, 2.05) is 73.7 Å². The van der Waals surface area contributed by atoms with Crippen molar-refractivity contribution < 1.29 is 19.1 Å². The molecule has 0 fully saturated rings. The summed E-state index contributed by atoms with van der Waals surface area (Å²) in [6, 6.07) is 22.5. The second kappa shape index (κ2) is 7.26. The first kappa shape index (κ1) is 18.5. The molecular weight excluding hydrogens is 368 g/mol. The first-order chi connectivity index (χ1) is 13.7. The Morgan fingerprint density at radius 2 is 1.69 bits per heavy atom. The third-order valence-corrected chi connectivity index (χ3v) is 4.58. The van der Waals surface area contributed by atoms with Crippen molar-refractivity contribution in [2.24, 2.45) is 0 Å². The van der Waals surface area contributed by atoms with E-state index >= 15 is 0 Å². The zero-order valence-electron chi connectivity index (χ0n) is 15.6. The van der Waals surface area contributed by atoms with Gasteiger partial charge in [-0.05, 0) is 61.0 Å². The minimum Gasteiger partial charge on any atom is -0.451 e. The lowest BCUT2D eigenvalue weighted by atomic mass is 10.2. The highest BCUT2D eigenvalue weighted by atomic mass is 16.4. The number of nitrogens with one attached hydrogen (secondary N) is 1. The predicted molar refractivity (Wildman–Crippen MR) is 112 cm³/mol. The predicted octanol–water partition coefficient (Wildman–Crippen LogP) is 4.98. The monoisotopic (exact) mass is 386 g/mol. The van der Waals surface area contributed by atoms with Crippen LogP contribution in [0.2, 0.25) is 0 Å². The van der Waals surface area contributed by atoms with Crippen molar-refractivity contribution >= 4 is 33.7 Å². The molecule has 0 aliphatic heterocycles. The number of aryl methyl sites for hydroxylation is 1. The molecule has 0 spiro atoms. The SMILES string of the molecule is Cc1ccc2nc(-c3ccc(NC(=O)c4cc5ccccc5o4)cc3)oc2c1.O. The molecule has 3 aromatic carbocycles. The minimum absolute atomic E-state index is 0. The fourth-order valence-electron chi connectivity index (χ4n) is 3.14. The highest BCUT2D eigenvalue weighted by Gasteiger charge is 2.13.